The SMILES string of the molecule is Nc1cc(Cl)c(Oc2cc(Br)ccc2F)c(C(=O)O)c1. The summed E-state index contributed by atoms with van der Waals surface area (Å²) in [5.74, 6) is -2.22. The number of carboxylic acids is 1. The van der Waals surface area contributed by atoms with E-state index in [4.69, 9.17) is 27.2 Å². The lowest BCUT2D eigenvalue weighted by atomic mass is 10.1. The Bertz CT molecular complexity index is 694. The Hall–Kier alpha value is -1.79. The summed E-state index contributed by atoms with van der Waals surface area (Å²) in [5, 5.41) is 9.11. The molecule has 104 valence electrons. The van der Waals surface area contributed by atoms with Gasteiger partial charge in [0.2, 0.25) is 0 Å². The normalized spacial score (nSPS) is 10.3. The molecular formula is C13H8BrClFNO3. The molecule has 0 fully saturated rings. The van der Waals surface area contributed by atoms with Crippen molar-refractivity contribution in [1.82, 2.24) is 0 Å². The minimum atomic E-state index is -1.27. The highest BCUT2D eigenvalue weighted by molar-refractivity contribution is 9.10. The molecule has 7 heteroatoms. The second-order valence-electron chi connectivity index (χ2n) is 3.86. The molecule has 2 rings (SSSR count). The number of nitrogens with two attached hydrogens (primary N) is 1. The largest absolute Gasteiger partial charge is 0.478 e. The summed E-state index contributed by atoms with van der Waals surface area (Å²) in [7, 11) is 0. The number of nitrogen functional groups attached to an aromatic ring is 1. The van der Waals surface area contributed by atoms with Crippen LogP contribution >= 0.6 is 27.5 Å². The third kappa shape index (κ3) is 3.02. The van der Waals surface area contributed by atoms with Gasteiger partial charge >= 0.3 is 5.97 Å². The molecule has 0 aliphatic heterocycles. The van der Waals surface area contributed by atoms with Gasteiger partial charge in [-0.05, 0) is 30.3 Å². The number of carbonyl (C=O) groups is 1. The minimum absolute atomic E-state index is 0.0122. The molecule has 0 unspecified atom stereocenters. The van der Waals surface area contributed by atoms with Gasteiger partial charge in [0.05, 0.1) is 5.02 Å². The van der Waals surface area contributed by atoms with Crippen LogP contribution < -0.4 is 10.5 Å². The van der Waals surface area contributed by atoms with Crippen LogP contribution in [0.3, 0.4) is 0 Å². The first kappa shape index (κ1) is 14.6. The van der Waals surface area contributed by atoms with Crippen molar-refractivity contribution in [1.29, 1.82) is 0 Å². The molecule has 2 aromatic rings. The lowest BCUT2D eigenvalue weighted by molar-refractivity contribution is 0.0694. The van der Waals surface area contributed by atoms with Crippen molar-refractivity contribution in [3.63, 3.8) is 0 Å². The number of halogens is 3. The van der Waals surface area contributed by atoms with Crippen LogP contribution in [0.15, 0.2) is 34.8 Å². The summed E-state index contributed by atoms with van der Waals surface area (Å²) in [6, 6.07) is 6.57. The molecular weight excluding hydrogens is 353 g/mol. The fourth-order valence-electron chi connectivity index (χ4n) is 1.54. The van der Waals surface area contributed by atoms with Gasteiger partial charge in [0.15, 0.2) is 17.3 Å². The smallest absolute Gasteiger partial charge is 0.339 e. The van der Waals surface area contributed by atoms with Crippen LogP contribution in [-0.4, -0.2) is 11.1 Å². The van der Waals surface area contributed by atoms with E-state index in [0.717, 1.165) is 0 Å². The summed E-state index contributed by atoms with van der Waals surface area (Å²) >= 11 is 9.09. The molecule has 0 bridgehead atoms. The summed E-state index contributed by atoms with van der Waals surface area (Å²) in [4.78, 5) is 11.2. The van der Waals surface area contributed by atoms with Crippen LogP contribution in [0.5, 0.6) is 11.5 Å². The van der Waals surface area contributed by atoms with Crippen molar-refractivity contribution in [3.8, 4) is 11.5 Å². The van der Waals surface area contributed by atoms with Gasteiger partial charge in [0.1, 0.15) is 5.56 Å². The molecule has 0 aliphatic rings. The van der Waals surface area contributed by atoms with Gasteiger partial charge in [-0.3, -0.25) is 0 Å². The molecule has 0 saturated heterocycles. The molecule has 3 N–H and O–H groups in total. The van der Waals surface area contributed by atoms with Crippen LogP contribution in [0.1, 0.15) is 10.4 Å². The molecule has 0 aliphatic carbocycles. The molecule has 0 atom stereocenters. The first-order valence-electron chi connectivity index (χ1n) is 5.33. The van der Waals surface area contributed by atoms with Crippen LogP contribution in [0.4, 0.5) is 10.1 Å². The van der Waals surface area contributed by atoms with Crippen molar-refractivity contribution in [3.05, 3.63) is 51.2 Å². The number of aromatic carboxylic acids is 1. The molecule has 0 amide bonds. The predicted octanol–water partition coefficient (Wildman–Crippen LogP) is 4.31. The van der Waals surface area contributed by atoms with E-state index in [2.05, 4.69) is 15.9 Å². The third-order valence-corrected chi connectivity index (χ3v) is 3.18. The number of ether oxygens (including phenoxy) is 1. The molecule has 4 nitrogen and oxygen atoms in total. The molecule has 2 aromatic carbocycles. The topological polar surface area (TPSA) is 72.5 Å². The number of rotatable bonds is 3. The van der Waals surface area contributed by atoms with Crippen LogP contribution in [0.25, 0.3) is 0 Å². The second kappa shape index (κ2) is 5.68. The van der Waals surface area contributed by atoms with Gasteiger partial charge in [-0.1, -0.05) is 27.5 Å². The van der Waals surface area contributed by atoms with Crippen LogP contribution in [0.2, 0.25) is 5.02 Å². The van der Waals surface area contributed by atoms with E-state index in [1.54, 1.807) is 0 Å². The summed E-state index contributed by atoms with van der Waals surface area (Å²) < 4.78 is 19.5. The van der Waals surface area contributed by atoms with Crippen LogP contribution in [0, 0.1) is 5.82 Å². The highest BCUT2D eigenvalue weighted by Crippen LogP contribution is 2.36. The zero-order valence-electron chi connectivity index (χ0n) is 9.86. The van der Waals surface area contributed by atoms with Gasteiger partial charge in [-0.15, -0.1) is 0 Å². The van der Waals surface area contributed by atoms with Gasteiger partial charge < -0.3 is 15.6 Å². The van der Waals surface area contributed by atoms with Crippen molar-refractivity contribution in [2.24, 2.45) is 0 Å². The summed E-state index contributed by atoms with van der Waals surface area (Å²) in [5.41, 5.74) is 5.46. The highest BCUT2D eigenvalue weighted by Gasteiger charge is 2.18. The number of hydrogen-bond acceptors (Lipinski definition) is 3. The van der Waals surface area contributed by atoms with E-state index in [-0.39, 0.29) is 27.8 Å². The first-order chi connectivity index (χ1) is 9.38. The standard InChI is InChI=1S/C13H8BrClFNO3/c14-6-1-2-10(16)11(3-6)20-12-8(13(18)19)4-7(17)5-9(12)15/h1-5H,17H2,(H,18,19). The van der Waals surface area contributed by atoms with Crippen molar-refractivity contribution >= 4 is 39.2 Å². The van der Waals surface area contributed by atoms with Gasteiger partial charge in [-0.25, -0.2) is 9.18 Å². The monoisotopic (exact) mass is 359 g/mol. The number of anilines is 1. The number of carboxylic acid groups (broad SMARTS) is 1. The maximum absolute atomic E-state index is 13.6. The Kier molecular flexibility index (Phi) is 4.15. The lowest BCUT2D eigenvalue weighted by Gasteiger charge is -2.12. The average molecular weight is 361 g/mol. The fourth-order valence-corrected chi connectivity index (χ4v) is 2.15. The Morgan fingerprint density at radius 2 is 2.05 bits per heavy atom. The van der Waals surface area contributed by atoms with E-state index >= 15 is 0 Å². The van der Waals surface area contributed by atoms with Crippen molar-refractivity contribution in [2.45, 2.75) is 0 Å². The highest BCUT2D eigenvalue weighted by atomic mass is 79.9. The molecule has 20 heavy (non-hydrogen) atoms. The Balaban J connectivity index is 2.53. The Morgan fingerprint density at radius 1 is 1.35 bits per heavy atom. The third-order valence-electron chi connectivity index (χ3n) is 2.40. The average Bonchev–Trinajstić information content (AvgIpc) is 2.36. The molecule has 0 heterocycles. The van der Waals surface area contributed by atoms with Crippen LogP contribution in [-0.2, 0) is 0 Å². The summed E-state index contributed by atoms with van der Waals surface area (Å²) in [6.45, 7) is 0. The predicted molar refractivity (Wildman–Crippen MR) is 77.0 cm³/mol. The lowest BCUT2D eigenvalue weighted by Crippen LogP contribution is -2.03. The number of benzene rings is 2. The van der Waals surface area contributed by atoms with Crippen molar-refractivity contribution in [2.75, 3.05) is 5.73 Å². The molecule has 0 aromatic heterocycles. The van der Waals surface area contributed by atoms with Gasteiger partial charge in [0, 0.05) is 10.2 Å². The maximum atomic E-state index is 13.6. The zero-order valence-corrected chi connectivity index (χ0v) is 12.2. The van der Waals surface area contributed by atoms with Gasteiger partial charge in [0.25, 0.3) is 0 Å². The Morgan fingerprint density at radius 3 is 2.70 bits per heavy atom. The van der Waals surface area contributed by atoms with E-state index < -0.39 is 11.8 Å². The Labute approximate surface area is 127 Å². The van der Waals surface area contributed by atoms with Gasteiger partial charge in [-0.2, -0.15) is 0 Å². The van der Waals surface area contributed by atoms with E-state index in [0.29, 0.717) is 4.47 Å². The molecule has 0 saturated carbocycles. The maximum Gasteiger partial charge on any atom is 0.339 e. The summed E-state index contributed by atoms with van der Waals surface area (Å²) in [6.07, 6.45) is 0. The van der Waals surface area contributed by atoms with E-state index in [1.807, 2.05) is 0 Å². The van der Waals surface area contributed by atoms with E-state index in [1.165, 1.54) is 30.3 Å². The second-order valence-corrected chi connectivity index (χ2v) is 5.18. The number of hydrogen-bond donors (Lipinski definition) is 2. The first-order valence-corrected chi connectivity index (χ1v) is 6.51. The fraction of sp³-hybridized carbons (Fsp3) is 0. The molecule has 0 spiro atoms. The molecule has 0 radical (unpaired) electrons. The van der Waals surface area contributed by atoms with E-state index in [9.17, 15) is 9.18 Å². The quantitative estimate of drug-likeness (QED) is 0.800. The zero-order chi connectivity index (χ0) is 14.9. The van der Waals surface area contributed by atoms with Crippen molar-refractivity contribution < 1.29 is 19.0 Å². The minimum Gasteiger partial charge on any atom is -0.478 e.